The Bertz CT molecular complexity index is 1170. The lowest BCUT2D eigenvalue weighted by Crippen LogP contribution is -2.11. The normalized spacial score (nSPS) is 11.1. The first-order valence-electron chi connectivity index (χ1n) is 17.2. The van der Waals surface area contributed by atoms with Gasteiger partial charge in [0.05, 0.1) is 11.1 Å². The minimum atomic E-state index is -1.03. The molecule has 0 radical (unpaired) electrons. The van der Waals surface area contributed by atoms with E-state index in [4.69, 9.17) is 0 Å². The van der Waals surface area contributed by atoms with Gasteiger partial charge in [-0.25, -0.2) is 9.59 Å². The van der Waals surface area contributed by atoms with Gasteiger partial charge >= 0.3 is 11.9 Å². The smallest absolute Gasteiger partial charge is 0.335 e. The van der Waals surface area contributed by atoms with Crippen LogP contribution in [-0.4, -0.2) is 22.2 Å². The highest BCUT2D eigenvalue weighted by molar-refractivity contribution is 5.95. The number of carbonyl (C=O) groups is 2. The maximum Gasteiger partial charge on any atom is 0.335 e. The van der Waals surface area contributed by atoms with E-state index in [-0.39, 0.29) is 11.1 Å². The quantitative estimate of drug-likeness (QED) is 0.113. The van der Waals surface area contributed by atoms with Crippen molar-refractivity contribution >= 4 is 11.9 Å². The van der Waals surface area contributed by atoms with Gasteiger partial charge in [0.15, 0.2) is 0 Å². The molecule has 238 valence electrons. The minimum absolute atomic E-state index is 0.174. The highest BCUT2D eigenvalue weighted by Gasteiger charge is 2.19. The van der Waals surface area contributed by atoms with Crippen LogP contribution in [0.25, 0.3) is 0 Å². The summed E-state index contributed by atoms with van der Waals surface area (Å²) in [6.45, 7) is 4.48. The fourth-order valence-electron chi connectivity index (χ4n) is 6.04. The van der Waals surface area contributed by atoms with Crippen molar-refractivity contribution in [2.45, 2.75) is 129 Å². The average molecular weight is 599 g/mol. The summed E-state index contributed by atoms with van der Waals surface area (Å²) >= 11 is 0. The lowest BCUT2D eigenvalue weighted by atomic mass is 9.90. The highest BCUT2D eigenvalue weighted by Crippen LogP contribution is 2.24. The van der Waals surface area contributed by atoms with Gasteiger partial charge in [0, 0.05) is 0 Å². The second-order valence-corrected chi connectivity index (χ2v) is 12.5. The molecule has 0 saturated heterocycles. The summed E-state index contributed by atoms with van der Waals surface area (Å²) in [6.07, 6.45) is 20.8. The Morgan fingerprint density at radius 3 is 1.07 bits per heavy atom. The van der Waals surface area contributed by atoms with Crippen LogP contribution in [0.4, 0.5) is 0 Å². The van der Waals surface area contributed by atoms with E-state index in [2.05, 4.69) is 38.1 Å². The molecule has 0 aromatic heterocycles. The Kier molecular flexibility index (Phi) is 15.8. The van der Waals surface area contributed by atoms with Gasteiger partial charge in [0.25, 0.3) is 0 Å². The first-order valence-corrected chi connectivity index (χ1v) is 17.2. The molecule has 3 aromatic carbocycles. The van der Waals surface area contributed by atoms with E-state index >= 15 is 0 Å². The molecule has 3 rings (SSSR count). The summed E-state index contributed by atoms with van der Waals surface area (Å²) in [6, 6.07) is 19.8. The molecular weight excluding hydrogens is 544 g/mol. The molecule has 0 bridgehead atoms. The van der Waals surface area contributed by atoms with E-state index in [1.165, 1.54) is 101 Å². The predicted octanol–water partition coefficient (Wildman–Crippen LogP) is 10.9. The van der Waals surface area contributed by atoms with Gasteiger partial charge in [-0.3, -0.25) is 0 Å². The van der Waals surface area contributed by atoms with Gasteiger partial charge in [-0.2, -0.15) is 0 Å². The molecule has 0 amide bonds. The second kappa shape index (κ2) is 19.8. The number of rotatable bonds is 22. The number of benzene rings is 3. The largest absolute Gasteiger partial charge is 0.478 e. The molecular formula is C40H54O4. The molecule has 0 heterocycles. The van der Waals surface area contributed by atoms with Crippen LogP contribution in [0.2, 0.25) is 0 Å². The van der Waals surface area contributed by atoms with E-state index in [1.807, 2.05) is 24.3 Å². The Morgan fingerprint density at radius 1 is 0.455 bits per heavy atom. The van der Waals surface area contributed by atoms with Crippen LogP contribution in [0, 0.1) is 0 Å². The molecule has 0 saturated carbocycles. The highest BCUT2D eigenvalue weighted by atomic mass is 16.4. The van der Waals surface area contributed by atoms with Crippen molar-refractivity contribution in [3.8, 4) is 0 Å². The maximum absolute atomic E-state index is 12.3. The Hall–Kier alpha value is -3.40. The molecule has 0 spiro atoms. The van der Waals surface area contributed by atoms with Crippen LogP contribution in [0.15, 0.2) is 60.7 Å². The van der Waals surface area contributed by atoms with Gasteiger partial charge in [0.2, 0.25) is 0 Å². The fourth-order valence-corrected chi connectivity index (χ4v) is 6.04. The average Bonchev–Trinajstić information content (AvgIpc) is 3.02. The predicted molar refractivity (Wildman–Crippen MR) is 182 cm³/mol. The number of unbranched alkanes of at least 4 members (excludes halogenated alkanes) is 12. The van der Waals surface area contributed by atoms with Gasteiger partial charge in [0.1, 0.15) is 0 Å². The molecule has 44 heavy (non-hydrogen) atoms. The van der Waals surface area contributed by atoms with Crippen molar-refractivity contribution in [2.24, 2.45) is 0 Å². The first kappa shape index (κ1) is 35.1. The number of hydrogen-bond donors (Lipinski definition) is 2. The zero-order valence-electron chi connectivity index (χ0n) is 27.2. The monoisotopic (exact) mass is 598 g/mol. The van der Waals surface area contributed by atoms with Gasteiger partial charge in [-0.1, -0.05) is 139 Å². The Labute approximate surface area is 265 Å². The van der Waals surface area contributed by atoms with Crippen molar-refractivity contribution in [3.63, 3.8) is 0 Å². The molecule has 0 fully saturated rings. The molecule has 0 aliphatic heterocycles. The van der Waals surface area contributed by atoms with Crippen LogP contribution < -0.4 is 0 Å². The zero-order valence-corrected chi connectivity index (χ0v) is 27.2. The van der Waals surface area contributed by atoms with Crippen LogP contribution in [-0.2, 0) is 25.7 Å². The summed E-state index contributed by atoms with van der Waals surface area (Å²) in [5.41, 5.74) is 5.95. The van der Waals surface area contributed by atoms with E-state index in [1.54, 1.807) is 12.1 Å². The number of hydrogen-bond acceptors (Lipinski definition) is 2. The molecule has 4 nitrogen and oxygen atoms in total. The lowest BCUT2D eigenvalue weighted by Gasteiger charge is -2.14. The summed E-state index contributed by atoms with van der Waals surface area (Å²) in [5, 5.41) is 20.1. The molecule has 0 aliphatic carbocycles. The Balaban J connectivity index is 1.61. The van der Waals surface area contributed by atoms with Gasteiger partial charge < -0.3 is 10.2 Å². The van der Waals surface area contributed by atoms with E-state index in [9.17, 15) is 19.8 Å². The minimum Gasteiger partial charge on any atom is -0.478 e. The van der Waals surface area contributed by atoms with Crippen molar-refractivity contribution in [3.05, 3.63) is 105 Å². The van der Waals surface area contributed by atoms with Crippen molar-refractivity contribution in [1.82, 2.24) is 0 Å². The number of carboxylic acids is 2. The first-order chi connectivity index (χ1) is 21.4. The maximum atomic E-state index is 12.3. The van der Waals surface area contributed by atoms with Crippen LogP contribution >= 0.6 is 0 Å². The van der Waals surface area contributed by atoms with Gasteiger partial charge in [-0.05, 0) is 84.0 Å². The fraction of sp³-hybridized carbons (Fsp3) is 0.500. The summed E-state index contributed by atoms with van der Waals surface area (Å²) in [4.78, 5) is 24.6. The third-order valence-electron chi connectivity index (χ3n) is 8.76. The van der Waals surface area contributed by atoms with Crippen LogP contribution in [0.1, 0.15) is 158 Å². The Morgan fingerprint density at radius 2 is 0.750 bits per heavy atom. The molecule has 2 N–H and O–H groups in total. The van der Waals surface area contributed by atoms with E-state index in [0.717, 1.165) is 24.0 Å². The third kappa shape index (κ3) is 12.3. The van der Waals surface area contributed by atoms with Crippen LogP contribution in [0.3, 0.4) is 0 Å². The number of carboxylic acid groups (broad SMARTS) is 2. The van der Waals surface area contributed by atoms with Gasteiger partial charge in [-0.15, -0.1) is 0 Å². The van der Waals surface area contributed by atoms with Crippen molar-refractivity contribution in [2.75, 3.05) is 0 Å². The standard InChI is InChI=1S/C40H54O4/c1-3-5-7-9-11-13-15-17-31-19-23-33(24-20-31)27-35-29-38(40(43)44)36(30-37(35)39(41)42)28-34-25-21-32(22-26-34)18-16-14-12-10-8-6-4-2/h19-26,29-30H,3-18,27-28H2,1-2H3,(H,41,42)(H,43,44). The SMILES string of the molecule is CCCCCCCCCc1ccc(Cc2cc(C(=O)O)c(Cc3ccc(CCCCCCCCC)cc3)cc2C(=O)O)cc1. The van der Waals surface area contributed by atoms with E-state index < -0.39 is 11.9 Å². The zero-order chi connectivity index (χ0) is 31.6. The summed E-state index contributed by atoms with van der Waals surface area (Å²) in [5.74, 6) is -2.06. The number of aryl methyl sites for hydroxylation is 2. The molecule has 0 aliphatic rings. The van der Waals surface area contributed by atoms with Crippen molar-refractivity contribution in [1.29, 1.82) is 0 Å². The lowest BCUT2D eigenvalue weighted by molar-refractivity contribution is 0.0679. The second-order valence-electron chi connectivity index (χ2n) is 12.5. The van der Waals surface area contributed by atoms with Crippen molar-refractivity contribution < 1.29 is 19.8 Å². The number of aromatic carboxylic acids is 2. The third-order valence-corrected chi connectivity index (χ3v) is 8.76. The van der Waals surface area contributed by atoms with E-state index in [0.29, 0.717) is 24.0 Å². The topological polar surface area (TPSA) is 74.6 Å². The summed E-state index contributed by atoms with van der Waals surface area (Å²) < 4.78 is 0. The molecule has 0 atom stereocenters. The van der Waals surface area contributed by atoms with Crippen LogP contribution in [0.5, 0.6) is 0 Å². The summed E-state index contributed by atoms with van der Waals surface area (Å²) in [7, 11) is 0. The molecule has 4 heteroatoms. The molecule has 3 aromatic rings. The molecule has 0 unspecified atom stereocenters.